The lowest BCUT2D eigenvalue weighted by atomic mass is 9.91. The Morgan fingerprint density at radius 1 is 0.980 bits per heavy atom. The maximum Gasteiger partial charge on any atom is 0.247 e. The van der Waals surface area contributed by atoms with Crippen molar-refractivity contribution in [3.05, 3.63) is 70.7 Å². The van der Waals surface area contributed by atoms with Crippen LogP contribution in [0.25, 0.3) is 0 Å². The van der Waals surface area contributed by atoms with Crippen LogP contribution in [0.5, 0.6) is 5.75 Å². The number of piperazine rings is 1. The van der Waals surface area contributed by atoms with Gasteiger partial charge in [-0.05, 0) is 43.9 Å². The molecule has 7 rings (SSSR count). The summed E-state index contributed by atoms with van der Waals surface area (Å²) in [6.45, 7) is 10.4. The third-order valence-electron chi connectivity index (χ3n) is 10.5. The summed E-state index contributed by atoms with van der Waals surface area (Å²) in [7, 11) is 1.61. The predicted molar refractivity (Wildman–Crippen MR) is 195 cm³/mol. The quantitative estimate of drug-likeness (QED) is 0.171. The second-order valence-corrected chi connectivity index (χ2v) is 14.0. The summed E-state index contributed by atoms with van der Waals surface area (Å²) in [6, 6.07) is 9.60. The van der Waals surface area contributed by atoms with Crippen molar-refractivity contribution in [3.63, 3.8) is 0 Å². The summed E-state index contributed by atoms with van der Waals surface area (Å²) in [5, 5.41) is 7.91. The molecule has 3 aromatic rings. The van der Waals surface area contributed by atoms with Gasteiger partial charge in [0.15, 0.2) is 5.82 Å². The Balaban J connectivity index is 1.08. The molecule has 0 unspecified atom stereocenters. The number of benzene rings is 2. The van der Waals surface area contributed by atoms with Gasteiger partial charge in [0.2, 0.25) is 5.91 Å². The molecule has 3 aliphatic heterocycles. The number of ether oxygens (including phenoxy) is 1. The van der Waals surface area contributed by atoms with E-state index in [0.717, 1.165) is 50.7 Å². The first kappa shape index (κ1) is 34.8. The van der Waals surface area contributed by atoms with Crippen molar-refractivity contribution in [2.45, 2.75) is 56.7 Å². The minimum atomic E-state index is -0.586. The average Bonchev–Trinajstić information content (AvgIpc) is 3.60. The number of piperidine rings is 1. The summed E-state index contributed by atoms with van der Waals surface area (Å²) < 4.78 is 21.0. The van der Waals surface area contributed by atoms with Crippen molar-refractivity contribution in [2.75, 3.05) is 73.6 Å². The Morgan fingerprint density at radius 3 is 2.36 bits per heavy atom. The second-order valence-electron chi connectivity index (χ2n) is 13.3. The molecule has 1 aromatic heterocycles. The molecule has 1 atom stereocenters. The van der Waals surface area contributed by atoms with E-state index in [1.807, 2.05) is 12.1 Å². The monoisotopic (exact) mass is 724 g/mol. The Morgan fingerprint density at radius 2 is 1.70 bits per heavy atom. The van der Waals surface area contributed by atoms with E-state index in [1.165, 1.54) is 44.8 Å². The molecule has 14 heteroatoms. The van der Waals surface area contributed by atoms with Gasteiger partial charge >= 0.3 is 0 Å². The first-order valence-corrected chi connectivity index (χ1v) is 18.1. The number of hydrogen-bond acceptors (Lipinski definition) is 10. The number of methoxy groups -OCH3 is 1. The van der Waals surface area contributed by atoms with Crippen LogP contribution in [0.15, 0.2) is 49.3 Å². The van der Waals surface area contributed by atoms with Crippen molar-refractivity contribution in [3.8, 4) is 5.75 Å². The number of halogens is 3. The van der Waals surface area contributed by atoms with E-state index < -0.39 is 11.9 Å². The number of rotatable bonds is 10. The zero-order valence-electron chi connectivity index (χ0n) is 28.2. The highest BCUT2D eigenvalue weighted by Gasteiger charge is 2.34. The molecule has 4 fully saturated rings. The van der Waals surface area contributed by atoms with E-state index in [9.17, 15) is 4.79 Å². The molecule has 4 aliphatic rings. The van der Waals surface area contributed by atoms with Crippen molar-refractivity contribution in [1.29, 1.82) is 0 Å². The van der Waals surface area contributed by atoms with Crippen LogP contribution in [0, 0.1) is 5.82 Å². The van der Waals surface area contributed by atoms with Gasteiger partial charge in [0.05, 0.1) is 46.9 Å². The molecule has 266 valence electrons. The van der Waals surface area contributed by atoms with Gasteiger partial charge in [0, 0.05) is 75.5 Å². The van der Waals surface area contributed by atoms with Gasteiger partial charge in [0.1, 0.15) is 23.7 Å². The molecule has 11 nitrogen and oxygen atoms in total. The minimum Gasteiger partial charge on any atom is -0.494 e. The number of anilines is 5. The zero-order valence-corrected chi connectivity index (χ0v) is 29.7. The molecule has 50 heavy (non-hydrogen) atoms. The van der Waals surface area contributed by atoms with Crippen molar-refractivity contribution < 1.29 is 18.8 Å². The summed E-state index contributed by atoms with van der Waals surface area (Å²) in [5.41, 5.74) is 2.48. The average molecular weight is 726 g/mol. The Labute approximate surface area is 302 Å². The number of carbonyl (C=O) groups is 1. The normalized spacial score (nSPS) is 20.8. The maximum atomic E-state index is 15.1. The molecule has 0 bridgehead atoms. The second kappa shape index (κ2) is 15.3. The van der Waals surface area contributed by atoms with Crippen LogP contribution in [0.3, 0.4) is 0 Å². The van der Waals surface area contributed by atoms with E-state index in [1.54, 1.807) is 30.4 Å². The molecule has 0 radical (unpaired) electrons. The van der Waals surface area contributed by atoms with E-state index in [-0.39, 0.29) is 16.0 Å². The largest absolute Gasteiger partial charge is 0.494 e. The van der Waals surface area contributed by atoms with Gasteiger partial charge < -0.3 is 20.3 Å². The molecule has 2 N–H and O–H groups in total. The Hall–Kier alpha value is -3.68. The number of nitrogens with zero attached hydrogens (tertiary/aromatic N) is 6. The van der Waals surface area contributed by atoms with E-state index in [0.29, 0.717) is 53.4 Å². The first-order chi connectivity index (χ1) is 24.3. The minimum absolute atomic E-state index is 0.127. The molecular weight excluding hydrogens is 682 g/mol. The van der Waals surface area contributed by atoms with Gasteiger partial charge in [-0.1, -0.05) is 42.3 Å². The number of hydrogen-bond donors (Lipinski definition) is 2. The van der Waals surface area contributed by atoms with Crippen LogP contribution >= 0.6 is 23.2 Å². The van der Waals surface area contributed by atoms with E-state index >= 15 is 4.39 Å². The molecule has 4 heterocycles. The van der Waals surface area contributed by atoms with Gasteiger partial charge in [-0.15, -0.1) is 0 Å². The lowest BCUT2D eigenvalue weighted by Gasteiger charge is -2.46. The molecule has 1 saturated carbocycles. The topological polar surface area (TPSA) is 98.3 Å². The molecule has 1 aliphatic carbocycles. The number of hydroxylamine groups is 1. The summed E-state index contributed by atoms with van der Waals surface area (Å²) in [4.78, 5) is 35.0. The predicted octanol–water partition coefficient (Wildman–Crippen LogP) is 6.82. The van der Waals surface area contributed by atoms with E-state index in [4.69, 9.17) is 32.8 Å². The van der Waals surface area contributed by atoms with Gasteiger partial charge in [0.25, 0.3) is 0 Å². The molecule has 2 aromatic carbocycles. The third kappa shape index (κ3) is 7.22. The molecule has 0 spiro atoms. The smallest absolute Gasteiger partial charge is 0.247 e. The van der Waals surface area contributed by atoms with Crippen molar-refractivity contribution in [2.24, 2.45) is 0 Å². The maximum absolute atomic E-state index is 15.1. The fraction of sp³-hybridized carbons (Fsp3) is 0.472. The van der Waals surface area contributed by atoms with E-state index in [2.05, 4.69) is 41.9 Å². The van der Waals surface area contributed by atoms with Crippen LogP contribution in [0.1, 0.15) is 50.1 Å². The third-order valence-corrected chi connectivity index (χ3v) is 11.3. The van der Waals surface area contributed by atoms with Gasteiger partial charge in [-0.25, -0.2) is 19.4 Å². The summed E-state index contributed by atoms with van der Waals surface area (Å²) in [6.07, 6.45) is 9.39. The molecule has 3 saturated heterocycles. The van der Waals surface area contributed by atoms with Gasteiger partial charge in [-0.3, -0.25) is 19.4 Å². The highest BCUT2D eigenvalue weighted by Crippen LogP contribution is 2.42. The molecule has 1 amide bonds. The number of nitrogens with one attached hydrogen (secondary N) is 2. The van der Waals surface area contributed by atoms with Crippen molar-refractivity contribution >= 4 is 57.8 Å². The fourth-order valence-corrected chi connectivity index (χ4v) is 7.84. The number of aromatic nitrogens is 2. The highest BCUT2D eigenvalue weighted by atomic mass is 35.5. The lowest BCUT2D eigenvalue weighted by molar-refractivity contribution is -0.111. The van der Waals surface area contributed by atoms with Crippen LogP contribution in [0.4, 0.5) is 33.1 Å². The number of carbonyl (C=O) groups excluding carboxylic acids is 1. The fourth-order valence-electron chi connectivity index (χ4n) is 7.52. The Kier molecular flexibility index (Phi) is 10.6. The van der Waals surface area contributed by atoms with Crippen LogP contribution in [-0.2, 0) is 9.63 Å². The van der Waals surface area contributed by atoms with Crippen molar-refractivity contribution in [1.82, 2.24) is 19.8 Å². The van der Waals surface area contributed by atoms with Crippen LogP contribution in [0.2, 0.25) is 10.0 Å². The Bertz CT molecular complexity index is 1710. The summed E-state index contributed by atoms with van der Waals surface area (Å²) in [5.74, 6) is 0.566. The zero-order chi connectivity index (χ0) is 34.8. The van der Waals surface area contributed by atoms with Gasteiger partial charge in [-0.2, -0.15) is 0 Å². The highest BCUT2D eigenvalue weighted by molar-refractivity contribution is 6.42. The summed E-state index contributed by atoms with van der Waals surface area (Å²) >= 11 is 12.2. The SMILES string of the molecule is C=CC(=O)Nc1cc(Nc2cc(N3OCC[C@@H]3c3ccc(Cl)c(Cl)c3F)ncn2)c(OC)cc1N1CCC(N2CCN(C3CCC3)CC2)CC1. The lowest BCUT2D eigenvalue weighted by Crippen LogP contribution is -2.56. The van der Waals surface area contributed by atoms with Crippen LogP contribution < -0.4 is 25.3 Å². The number of amides is 1. The first-order valence-electron chi connectivity index (χ1n) is 17.4. The molecular formula is C36H43Cl2FN8O3. The standard InChI is InChI=1S/C36H43Cl2FN8O3/c1-3-34(48)43-27-19-28(42-32-21-33(41-22-40-32)47-29(11-18-50-47)25-7-8-26(37)35(38)36(25)39)31(49-2)20-30(27)46-12-9-24(10-13-46)45-16-14-44(15-17-45)23-5-4-6-23/h3,7-8,19-24,29H,1,4-6,9-18H2,2H3,(H,43,48)(H,40,41,42)/t29-/m1/s1. The van der Waals surface area contributed by atoms with Crippen LogP contribution in [-0.4, -0.2) is 90.7 Å².